The summed E-state index contributed by atoms with van der Waals surface area (Å²) in [5.41, 5.74) is 4.58. The Labute approximate surface area is 174 Å². The number of methoxy groups -OCH3 is 1. The lowest BCUT2D eigenvalue weighted by atomic mass is 9.90. The number of carbonyl (C=O) groups is 2. The van der Waals surface area contributed by atoms with Crippen LogP contribution in [0.1, 0.15) is 26.7 Å². The van der Waals surface area contributed by atoms with Crippen LogP contribution in [-0.4, -0.2) is 97.9 Å². The number of carbonyl (C=O) groups excluding carboxylic acids is 2. The molecule has 27 heavy (non-hydrogen) atoms. The number of likely N-dealkylation sites (N-methyl/N-ethyl adjacent to an activating group) is 1. The highest BCUT2D eigenvalue weighted by Crippen LogP contribution is 2.33. The summed E-state index contributed by atoms with van der Waals surface area (Å²) in [6.07, 6.45) is 1.08. The van der Waals surface area contributed by atoms with Crippen molar-refractivity contribution in [3.8, 4) is 0 Å². The van der Waals surface area contributed by atoms with Gasteiger partial charge in [0.15, 0.2) is 0 Å². The molecule has 0 aromatic heterocycles. The monoisotopic (exact) mass is 428 g/mol. The lowest BCUT2D eigenvalue weighted by Gasteiger charge is -2.39. The van der Waals surface area contributed by atoms with Gasteiger partial charge in [-0.05, 0) is 20.9 Å². The number of rotatable bonds is 7. The van der Waals surface area contributed by atoms with Crippen molar-refractivity contribution in [2.75, 3.05) is 60.0 Å². The van der Waals surface area contributed by atoms with E-state index in [2.05, 4.69) is 4.90 Å². The summed E-state index contributed by atoms with van der Waals surface area (Å²) in [5.74, 6) is -0.0525. The van der Waals surface area contributed by atoms with Crippen LogP contribution < -0.4 is 5.73 Å². The van der Waals surface area contributed by atoms with E-state index in [1.54, 1.807) is 30.8 Å². The Morgan fingerprint density at radius 3 is 2.41 bits per heavy atom. The number of hydrogen-bond acceptors (Lipinski definition) is 6. The van der Waals surface area contributed by atoms with Crippen molar-refractivity contribution in [2.24, 2.45) is 5.73 Å². The van der Waals surface area contributed by atoms with Crippen molar-refractivity contribution >= 4 is 36.8 Å². The zero-order valence-corrected chi connectivity index (χ0v) is 18.4. The number of likely N-dealkylation sites (tertiary alicyclic amines) is 1. The van der Waals surface area contributed by atoms with E-state index in [1.165, 1.54) is 0 Å². The number of nitrogens with two attached hydrogens (primary N) is 1. The highest BCUT2D eigenvalue weighted by atomic mass is 35.5. The largest absolute Gasteiger partial charge is 0.441 e. The van der Waals surface area contributed by atoms with E-state index in [0.717, 1.165) is 13.1 Å². The second kappa shape index (κ2) is 10.7. The van der Waals surface area contributed by atoms with Crippen LogP contribution in [0.5, 0.6) is 0 Å². The van der Waals surface area contributed by atoms with Gasteiger partial charge in [0, 0.05) is 52.7 Å². The predicted octanol–water partition coefficient (Wildman–Crippen LogP) is 0.959. The third kappa shape index (κ3) is 6.94. The van der Waals surface area contributed by atoms with Crippen molar-refractivity contribution < 1.29 is 19.1 Å². The van der Waals surface area contributed by atoms with Gasteiger partial charge in [-0.2, -0.15) is 0 Å². The Kier molecular flexibility index (Phi) is 10.3. The summed E-state index contributed by atoms with van der Waals surface area (Å²) in [7, 11) is 3.69. The van der Waals surface area contributed by atoms with Crippen molar-refractivity contribution in [2.45, 2.75) is 37.8 Å². The fourth-order valence-corrected chi connectivity index (χ4v) is 3.30. The Bertz CT molecular complexity index is 494. The summed E-state index contributed by atoms with van der Waals surface area (Å²) in [4.78, 5) is 30.2. The zero-order chi connectivity index (χ0) is 18.7. The summed E-state index contributed by atoms with van der Waals surface area (Å²) in [6, 6.07) is 0. The second-order valence-electron chi connectivity index (χ2n) is 7.78. The molecule has 0 radical (unpaired) electrons. The number of ether oxygens (including phenoxy) is 2. The number of nitrogens with zero attached hydrogens (tertiary/aromatic N) is 3. The first-order valence-corrected chi connectivity index (χ1v) is 8.90. The maximum absolute atomic E-state index is 12.3. The topological polar surface area (TPSA) is 88.3 Å². The zero-order valence-electron chi connectivity index (χ0n) is 16.7. The Hall–Kier alpha value is -0.800. The van der Waals surface area contributed by atoms with Gasteiger partial charge in [-0.15, -0.1) is 24.8 Å². The second-order valence-corrected chi connectivity index (χ2v) is 7.78. The van der Waals surface area contributed by atoms with Crippen LogP contribution in [0.3, 0.4) is 0 Å². The fourth-order valence-electron chi connectivity index (χ4n) is 3.30. The number of amides is 2. The minimum absolute atomic E-state index is 0. The quantitative estimate of drug-likeness (QED) is 0.649. The molecule has 2 rings (SSSR count). The standard InChI is InChI=1S/C17H32N4O4.2ClH/c1-16(2,18)14(22)20-7-5-17(6-8-20)13-21(15(23)25-17)10-9-19(3)11-12-24-4;;/h5-13,18H2,1-4H3;2*1H. The van der Waals surface area contributed by atoms with Crippen LogP contribution in [0.2, 0.25) is 0 Å². The molecule has 2 aliphatic heterocycles. The molecule has 0 bridgehead atoms. The van der Waals surface area contributed by atoms with Crippen LogP contribution >= 0.6 is 24.8 Å². The maximum Gasteiger partial charge on any atom is 0.410 e. The Balaban J connectivity index is 0.00000338. The highest BCUT2D eigenvalue weighted by Gasteiger charge is 2.48. The van der Waals surface area contributed by atoms with E-state index in [0.29, 0.717) is 45.6 Å². The first-order valence-electron chi connectivity index (χ1n) is 8.90. The highest BCUT2D eigenvalue weighted by molar-refractivity contribution is 5.86. The van der Waals surface area contributed by atoms with Gasteiger partial charge in [0.2, 0.25) is 5.91 Å². The Morgan fingerprint density at radius 1 is 1.30 bits per heavy atom. The molecule has 2 saturated heterocycles. The molecule has 0 atom stereocenters. The van der Waals surface area contributed by atoms with Gasteiger partial charge in [0.1, 0.15) is 5.60 Å². The van der Waals surface area contributed by atoms with Gasteiger partial charge >= 0.3 is 6.09 Å². The van der Waals surface area contributed by atoms with Crippen molar-refractivity contribution in [3.63, 3.8) is 0 Å². The molecule has 0 aromatic carbocycles. The summed E-state index contributed by atoms with van der Waals surface area (Å²) in [5, 5.41) is 0. The van der Waals surface area contributed by atoms with Crippen LogP contribution in [0, 0.1) is 0 Å². The van der Waals surface area contributed by atoms with Crippen molar-refractivity contribution in [3.05, 3.63) is 0 Å². The average Bonchev–Trinajstić information content (AvgIpc) is 2.85. The van der Waals surface area contributed by atoms with E-state index >= 15 is 0 Å². The van der Waals surface area contributed by atoms with Gasteiger partial charge in [-0.1, -0.05) is 0 Å². The normalized spacial score (nSPS) is 19.0. The molecule has 10 heteroatoms. The number of halogens is 2. The maximum atomic E-state index is 12.3. The van der Waals surface area contributed by atoms with Crippen LogP contribution in [-0.2, 0) is 14.3 Å². The van der Waals surface area contributed by atoms with Crippen LogP contribution in [0.15, 0.2) is 0 Å². The number of piperidine rings is 1. The van der Waals surface area contributed by atoms with E-state index < -0.39 is 11.1 Å². The number of hydrogen-bond donors (Lipinski definition) is 1. The van der Waals surface area contributed by atoms with Crippen molar-refractivity contribution in [1.82, 2.24) is 14.7 Å². The predicted molar refractivity (Wildman–Crippen MR) is 109 cm³/mol. The third-order valence-electron chi connectivity index (χ3n) is 4.98. The van der Waals surface area contributed by atoms with Crippen molar-refractivity contribution in [1.29, 1.82) is 0 Å². The lowest BCUT2D eigenvalue weighted by molar-refractivity contribution is -0.139. The third-order valence-corrected chi connectivity index (χ3v) is 4.98. The minimum Gasteiger partial charge on any atom is -0.441 e. The Morgan fingerprint density at radius 2 is 1.89 bits per heavy atom. The van der Waals surface area contributed by atoms with Gasteiger partial charge in [0.25, 0.3) is 0 Å². The molecule has 2 amide bonds. The lowest BCUT2D eigenvalue weighted by Crippen LogP contribution is -2.56. The van der Waals surface area contributed by atoms with E-state index in [4.69, 9.17) is 15.2 Å². The van der Waals surface area contributed by atoms with Gasteiger partial charge in [-0.25, -0.2) is 4.79 Å². The van der Waals surface area contributed by atoms with E-state index in [9.17, 15) is 9.59 Å². The molecule has 1 spiro atoms. The molecule has 0 saturated carbocycles. The van der Waals surface area contributed by atoms with Gasteiger partial charge in [0.05, 0.1) is 18.7 Å². The molecule has 2 heterocycles. The first-order chi connectivity index (χ1) is 11.7. The molecule has 0 unspecified atom stereocenters. The van der Waals surface area contributed by atoms with E-state index in [1.807, 2.05) is 7.05 Å². The summed E-state index contributed by atoms with van der Waals surface area (Å²) < 4.78 is 10.8. The molecule has 0 aromatic rings. The molecule has 8 nitrogen and oxygen atoms in total. The van der Waals surface area contributed by atoms with Gasteiger partial charge < -0.3 is 29.9 Å². The van der Waals surface area contributed by atoms with E-state index in [-0.39, 0.29) is 36.8 Å². The molecule has 2 aliphatic rings. The minimum atomic E-state index is -0.865. The van der Waals surface area contributed by atoms with Gasteiger partial charge in [-0.3, -0.25) is 4.79 Å². The molecule has 2 fully saturated rings. The molecule has 0 aliphatic carbocycles. The smallest absolute Gasteiger partial charge is 0.410 e. The summed E-state index contributed by atoms with van der Waals surface area (Å²) >= 11 is 0. The molecule has 2 N–H and O–H groups in total. The molecule has 160 valence electrons. The van der Waals surface area contributed by atoms with Crippen LogP contribution in [0.4, 0.5) is 4.79 Å². The first kappa shape index (κ1) is 26.2. The molecular formula is C17H34Cl2N4O4. The summed E-state index contributed by atoms with van der Waals surface area (Å²) in [6.45, 7) is 8.11. The SMILES string of the molecule is COCCN(C)CCN1CC2(CCN(C(=O)C(C)(C)N)CC2)OC1=O.Cl.Cl. The average molecular weight is 429 g/mol. The molecular weight excluding hydrogens is 395 g/mol. The fraction of sp³-hybridized carbons (Fsp3) is 0.882. The van der Waals surface area contributed by atoms with Crippen LogP contribution in [0.25, 0.3) is 0 Å².